The Balaban J connectivity index is 2.43. The number of hydrogen-bond acceptors (Lipinski definition) is 3. The van der Waals surface area contributed by atoms with Crippen LogP contribution in [0.15, 0.2) is 29.3 Å². The van der Waals surface area contributed by atoms with E-state index in [2.05, 4.69) is 28.6 Å². The van der Waals surface area contributed by atoms with E-state index in [-0.39, 0.29) is 6.10 Å². The zero-order valence-corrected chi connectivity index (χ0v) is 14.2. The number of ether oxygens (including phenoxy) is 2. The molecule has 5 nitrogen and oxygen atoms in total. The van der Waals surface area contributed by atoms with Gasteiger partial charge in [-0.15, -0.1) is 0 Å². The van der Waals surface area contributed by atoms with Crippen molar-refractivity contribution in [3.8, 4) is 5.75 Å². The number of nitrogens with zero attached hydrogens (tertiary/aromatic N) is 1. The zero-order chi connectivity index (χ0) is 16.2. The number of hydrogen-bond donors (Lipinski definition) is 2. The summed E-state index contributed by atoms with van der Waals surface area (Å²) in [6.07, 6.45) is 0.0177. The minimum atomic E-state index is 0.0177. The van der Waals surface area contributed by atoms with Crippen molar-refractivity contribution in [2.24, 2.45) is 4.99 Å². The first-order chi connectivity index (χ1) is 10.7. The van der Waals surface area contributed by atoms with Crippen LogP contribution in [0.5, 0.6) is 5.75 Å². The van der Waals surface area contributed by atoms with Crippen LogP contribution in [0.2, 0.25) is 0 Å². The lowest BCUT2D eigenvalue weighted by Crippen LogP contribution is -2.39. The topological polar surface area (TPSA) is 54.9 Å². The van der Waals surface area contributed by atoms with Crippen LogP contribution in [0.25, 0.3) is 0 Å². The highest BCUT2D eigenvalue weighted by Gasteiger charge is 2.04. The second kappa shape index (κ2) is 10.9. The number of aliphatic imine (C=N–C) groups is 1. The molecule has 1 unspecified atom stereocenters. The largest absolute Gasteiger partial charge is 0.489 e. The van der Waals surface area contributed by atoms with Crippen molar-refractivity contribution in [3.05, 3.63) is 29.8 Å². The van der Waals surface area contributed by atoms with E-state index in [1.165, 1.54) is 5.56 Å². The first kappa shape index (κ1) is 18.3. The average Bonchev–Trinajstić information content (AvgIpc) is 2.49. The van der Waals surface area contributed by atoms with Crippen LogP contribution in [0.1, 0.15) is 26.3 Å². The SMILES string of the molecule is CCNC(=NCC(C)Oc1cccc(C)c1)NCCOCC. The monoisotopic (exact) mass is 307 g/mol. The van der Waals surface area contributed by atoms with Crippen molar-refractivity contribution in [3.63, 3.8) is 0 Å². The lowest BCUT2D eigenvalue weighted by molar-refractivity contribution is 0.152. The molecule has 124 valence electrons. The molecule has 2 N–H and O–H groups in total. The lowest BCUT2D eigenvalue weighted by atomic mass is 10.2. The van der Waals surface area contributed by atoms with Crippen LogP contribution in [0.4, 0.5) is 0 Å². The van der Waals surface area contributed by atoms with Crippen LogP contribution >= 0.6 is 0 Å². The summed E-state index contributed by atoms with van der Waals surface area (Å²) in [7, 11) is 0. The van der Waals surface area contributed by atoms with Crippen LogP contribution in [-0.2, 0) is 4.74 Å². The Kier molecular flexibility index (Phi) is 9.07. The third-order valence-electron chi connectivity index (χ3n) is 2.92. The molecule has 0 fully saturated rings. The summed E-state index contributed by atoms with van der Waals surface area (Å²) in [5.74, 6) is 1.68. The Morgan fingerprint density at radius 3 is 2.77 bits per heavy atom. The second-order valence-corrected chi connectivity index (χ2v) is 5.09. The quantitative estimate of drug-likeness (QED) is 0.418. The van der Waals surface area contributed by atoms with Gasteiger partial charge < -0.3 is 20.1 Å². The molecule has 0 heterocycles. The van der Waals surface area contributed by atoms with Gasteiger partial charge in [0.2, 0.25) is 0 Å². The fourth-order valence-electron chi connectivity index (χ4n) is 1.91. The molecule has 0 aliphatic carbocycles. The second-order valence-electron chi connectivity index (χ2n) is 5.09. The molecule has 0 aliphatic heterocycles. The Bertz CT molecular complexity index is 449. The van der Waals surface area contributed by atoms with Crippen molar-refractivity contribution >= 4 is 5.96 Å². The molecule has 1 atom stereocenters. The van der Waals surface area contributed by atoms with Gasteiger partial charge in [-0.3, -0.25) is 0 Å². The summed E-state index contributed by atoms with van der Waals surface area (Å²) in [6.45, 7) is 11.7. The Hall–Kier alpha value is -1.75. The van der Waals surface area contributed by atoms with Gasteiger partial charge in [-0.05, 0) is 45.4 Å². The average molecular weight is 307 g/mol. The summed E-state index contributed by atoms with van der Waals surface area (Å²) in [5, 5.41) is 6.46. The molecule has 5 heteroatoms. The molecular formula is C17H29N3O2. The Morgan fingerprint density at radius 2 is 2.09 bits per heavy atom. The summed E-state index contributed by atoms with van der Waals surface area (Å²) >= 11 is 0. The van der Waals surface area contributed by atoms with Crippen molar-refractivity contribution in [2.75, 3.05) is 32.8 Å². The van der Waals surface area contributed by atoms with Gasteiger partial charge in [-0.2, -0.15) is 0 Å². The highest BCUT2D eigenvalue weighted by molar-refractivity contribution is 5.79. The van der Waals surface area contributed by atoms with Crippen LogP contribution < -0.4 is 15.4 Å². The third-order valence-corrected chi connectivity index (χ3v) is 2.92. The first-order valence-electron chi connectivity index (χ1n) is 7.99. The molecule has 0 radical (unpaired) electrons. The van der Waals surface area contributed by atoms with Gasteiger partial charge >= 0.3 is 0 Å². The van der Waals surface area contributed by atoms with E-state index < -0.39 is 0 Å². The summed E-state index contributed by atoms with van der Waals surface area (Å²) in [4.78, 5) is 4.54. The minimum Gasteiger partial charge on any atom is -0.489 e. The van der Waals surface area contributed by atoms with E-state index in [4.69, 9.17) is 9.47 Å². The van der Waals surface area contributed by atoms with E-state index >= 15 is 0 Å². The maximum atomic E-state index is 5.88. The molecule has 1 rings (SSSR count). The molecular weight excluding hydrogens is 278 g/mol. The number of guanidine groups is 1. The highest BCUT2D eigenvalue weighted by Crippen LogP contribution is 2.14. The lowest BCUT2D eigenvalue weighted by Gasteiger charge is -2.15. The third kappa shape index (κ3) is 7.88. The van der Waals surface area contributed by atoms with Gasteiger partial charge in [-0.25, -0.2) is 4.99 Å². The van der Waals surface area contributed by atoms with Crippen LogP contribution in [-0.4, -0.2) is 44.9 Å². The van der Waals surface area contributed by atoms with Gasteiger partial charge in [0.25, 0.3) is 0 Å². The summed E-state index contributed by atoms with van der Waals surface area (Å²) in [6, 6.07) is 8.06. The van der Waals surface area contributed by atoms with Gasteiger partial charge in [0.15, 0.2) is 5.96 Å². The smallest absolute Gasteiger partial charge is 0.191 e. The minimum absolute atomic E-state index is 0.0177. The maximum absolute atomic E-state index is 5.88. The molecule has 0 bridgehead atoms. The van der Waals surface area contributed by atoms with Crippen LogP contribution in [0.3, 0.4) is 0 Å². The first-order valence-corrected chi connectivity index (χ1v) is 7.99. The Labute approximate surface area is 134 Å². The molecule has 0 amide bonds. The summed E-state index contributed by atoms with van der Waals surface area (Å²) in [5.41, 5.74) is 1.19. The van der Waals surface area contributed by atoms with Crippen molar-refractivity contribution in [2.45, 2.75) is 33.8 Å². The van der Waals surface area contributed by atoms with E-state index in [0.29, 0.717) is 13.2 Å². The summed E-state index contributed by atoms with van der Waals surface area (Å²) < 4.78 is 11.2. The predicted molar refractivity (Wildman–Crippen MR) is 91.7 cm³/mol. The molecule has 22 heavy (non-hydrogen) atoms. The molecule has 0 spiro atoms. The van der Waals surface area contributed by atoms with Crippen molar-refractivity contribution < 1.29 is 9.47 Å². The molecule has 0 saturated carbocycles. The van der Waals surface area contributed by atoms with E-state index in [0.717, 1.165) is 31.4 Å². The normalized spacial score (nSPS) is 12.8. The number of benzene rings is 1. The fourth-order valence-corrected chi connectivity index (χ4v) is 1.91. The van der Waals surface area contributed by atoms with E-state index in [1.54, 1.807) is 0 Å². The Morgan fingerprint density at radius 1 is 1.27 bits per heavy atom. The standard InChI is InChI=1S/C17H29N3O2/c1-5-18-17(19-10-11-21-6-2)20-13-15(4)22-16-9-7-8-14(3)12-16/h7-9,12,15H,5-6,10-11,13H2,1-4H3,(H2,18,19,20). The predicted octanol–water partition coefficient (Wildman–Crippen LogP) is 2.35. The number of rotatable bonds is 9. The molecule has 0 aromatic heterocycles. The highest BCUT2D eigenvalue weighted by atomic mass is 16.5. The van der Waals surface area contributed by atoms with E-state index in [1.807, 2.05) is 39.0 Å². The van der Waals surface area contributed by atoms with Gasteiger partial charge in [0.05, 0.1) is 13.2 Å². The maximum Gasteiger partial charge on any atom is 0.191 e. The zero-order valence-electron chi connectivity index (χ0n) is 14.2. The van der Waals surface area contributed by atoms with Crippen LogP contribution in [0, 0.1) is 6.92 Å². The molecule has 0 aliphatic rings. The number of nitrogens with one attached hydrogen (secondary N) is 2. The fraction of sp³-hybridized carbons (Fsp3) is 0.588. The van der Waals surface area contributed by atoms with Gasteiger partial charge in [-0.1, -0.05) is 12.1 Å². The van der Waals surface area contributed by atoms with Gasteiger partial charge in [0.1, 0.15) is 11.9 Å². The molecule has 1 aromatic rings. The van der Waals surface area contributed by atoms with Crippen molar-refractivity contribution in [1.82, 2.24) is 10.6 Å². The number of aryl methyl sites for hydroxylation is 1. The molecule has 1 aromatic carbocycles. The van der Waals surface area contributed by atoms with E-state index in [9.17, 15) is 0 Å². The van der Waals surface area contributed by atoms with Gasteiger partial charge in [0, 0.05) is 19.7 Å². The molecule has 0 saturated heterocycles. The van der Waals surface area contributed by atoms with Crippen molar-refractivity contribution in [1.29, 1.82) is 0 Å².